The van der Waals surface area contributed by atoms with Gasteiger partial charge in [0.2, 0.25) is 5.91 Å². The van der Waals surface area contributed by atoms with Gasteiger partial charge in [0, 0.05) is 24.9 Å². The lowest BCUT2D eigenvalue weighted by Gasteiger charge is -2.05. The normalized spacial score (nSPS) is 14.4. The first-order chi connectivity index (χ1) is 9.70. The minimum Gasteiger partial charge on any atom is -0.396 e. The van der Waals surface area contributed by atoms with Crippen LogP contribution in [0.5, 0.6) is 0 Å². The van der Waals surface area contributed by atoms with Gasteiger partial charge in [-0.2, -0.15) is 10.2 Å². The van der Waals surface area contributed by atoms with E-state index in [0.29, 0.717) is 24.7 Å². The highest BCUT2D eigenvalue weighted by atomic mass is 16.2. The molecule has 0 aromatic carbocycles. The molecule has 0 atom stereocenters. The van der Waals surface area contributed by atoms with E-state index in [-0.39, 0.29) is 12.5 Å². The fourth-order valence-electron chi connectivity index (χ4n) is 2.08. The quantitative estimate of drug-likeness (QED) is 0.795. The molecule has 0 bridgehead atoms. The maximum Gasteiger partial charge on any atom is 0.241 e. The van der Waals surface area contributed by atoms with Crippen molar-refractivity contribution in [2.45, 2.75) is 31.8 Å². The number of nitrogen functional groups attached to an aromatic ring is 1. The van der Waals surface area contributed by atoms with Gasteiger partial charge >= 0.3 is 0 Å². The molecule has 0 unspecified atom stereocenters. The van der Waals surface area contributed by atoms with Crippen LogP contribution < -0.4 is 11.1 Å². The summed E-state index contributed by atoms with van der Waals surface area (Å²) in [5.74, 6) is 0.582. The molecule has 20 heavy (non-hydrogen) atoms. The van der Waals surface area contributed by atoms with Crippen LogP contribution >= 0.6 is 0 Å². The minimum atomic E-state index is -0.0809. The Morgan fingerprint density at radius 1 is 1.45 bits per heavy atom. The molecule has 7 nitrogen and oxygen atoms in total. The highest BCUT2D eigenvalue weighted by Crippen LogP contribution is 2.38. The largest absolute Gasteiger partial charge is 0.396 e. The van der Waals surface area contributed by atoms with E-state index in [4.69, 9.17) is 5.73 Å². The second-order valence-electron chi connectivity index (χ2n) is 5.10. The molecule has 0 aliphatic heterocycles. The van der Waals surface area contributed by atoms with Crippen LogP contribution in [0.1, 0.15) is 24.5 Å². The predicted octanol–water partition coefficient (Wildman–Crippen LogP) is 0.356. The Labute approximate surface area is 116 Å². The van der Waals surface area contributed by atoms with E-state index in [1.165, 1.54) is 29.4 Å². The Morgan fingerprint density at radius 3 is 3.00 bits per heavy atom. The molecule has 0 radical (unpaired) electrons. The zero-order valence-corrected chi connectivity index (χ0v) is 11.2. The summed E-state index contributed by atoms with van der Waals surface area (Å²) >= 11 is 0. The monoisotopic (exact) mass is 274 g/mol. The molecule has 1 aliphatic rings. The van der Waals surface area contributed by atoms with Gasteiger partial charge in [-0.1, -0.05) is 0 Å². The van der Waals surface area contributed by atoms with Crippen LogP contribution in [0.25, 0.3) is 0 Å². The molecule has 2 heterocycles. The number of nitrogens with one attached hydrogen (secondary N) is 1. The minimum absolute atomic E-state index is 0.0809. The number of rotatable bonds is 6. The zero-order chi connectivity index (χ0) is 13.9. The van der Waals surface area contributed by atoms with Gasteiger partial charge < -0.3 is 11.1 Å². The molecule has 3 N–H and O–H groups in total. The summed E-state index contributed by atoms with van der Waals surface area (Å²) in [6.07, 6.45) is 7.63. The standard InChI is InChI=1S/C13H18N6O/c14-11-7-16-19(8-11)9-13(20)15-4-6-18-5-3-12(17-18)10-1-2-10/h3,5,7-8,10H,1-2,4,6,9,14H2,(H,15,20). The average molecular weight is 274 g/mol. The Balaban J connectivity index is 1.41. The van der Waals surface area contributed by atoms with Crippen molar-refractivity contribution in [3.63, 3.8) is 0 Å². The fourth-order valence-corrected chi connectivity index (χ4v) is 2.08. The summed E-state index contributed by atoms with van der Waals surface area (Å²) < 4.78 is 3.39. The van der Waals surface area contributed by atoms with E-state index in [9.17, 15) is 4.79 Å². The summed E-state index contributed by atoms with van der Waals surface area (Å²) in [6, 6.07) is 2.06. The smallest absolute Gasteiger partial charge is 0.241 e. The van der Waals surface area contributed by atoms with Crippen molar-refractivity contribution in [1.82, 2.24) is 24.9 Å². The molecule has 3 rings (SSSR count). The molecule has 1 amide bonds. The zero-order valence-electron chi connectivity index (χ0n) is 11.2. The molecule has 1 saturated carbocycles. The predicted molar refractivity (Wildman–Crippen MR) is 73.9 cm³/mol. The van der Waals surface area contributed by atoms with Gasteiger partial charge in [0.05, 0.1) is 24.1 Å². The first-order valence-corrected chi connectivity index (χ1v) is 6.79. The van der Waals surface area contributed by atoms with Gasteiger partial charge in [-0.15, -0.1) is 0 Å². The molecule has 0 spiro atoms. The summed E-state index contributed by atoms with van der Waals surface area (Å²) in [6.45, 7) is 1.42. The van der Waals surface area contributed by atoms with Crippen LogP contribution in [0.15, 0.2) is 24.7 Å². The molecule has 2 aromatic heterocycles. The van der Waals surface area contributed by atoms with Crippen LogP contribution in [-0.2, 0) is 17.9 Å². The number of anilines is 1. The van der Waals surface area contributed by atoms with Crippen LogP contribution in [0, 0.1) is 0 Å². The second kappa shape index (κ2) is 5.36. The molecule has 1 aliphatic carbocycles. The van der Waals surface area contributed by atoms with Crippen molar-refractivity contribution in [3.05, 3.63) is 30.4 Å². The summed E-state index contributed by atoms with van der Waals surface area (Å²) in [5.41, 5.74) is 7.26. The van der Waals surface area contributed by atoms with Crippen molar-refractivity contribution < 1.29 is 4.79 Å². The van der Waals surface area contributed by atoms with Crippen molar-refractivity contribution in [2.24, 2.45) is 0 Å². The molecule has 1 fully saturated rings. The lowest BCUT2D eigenvalue weighted by Crippen LogP contribution is -2.30. The van der Waals surface area contributed by atoms with Crippen LogP contribution in [0.3, 0.4) is 0 Å². The number of nitrogens with zero attached hydrogens (tertiary/aromatic N) is 4. The third-order valence-corrected chi connectivity index (χ3v) is 3.28. The van der Waals surface area contributed by atoms with Crippen molar-refractivity contribution in [2.75, 3.05) is 12.3 Å². The van der Waals surface area contributed by atoms with Crippen LogP contribution in [-0.4, -0.2) is 32.0 Å². The number of hydrogen-bond acceptors (Lipinski definition) is 4. The average Bonchev–Trinajstić information content (AvgIpc) is 3.03. The maximum absolute atomic E-state index is 11.7. The Hall–Kier alpha value is -2.31. The number of aromatic nitrogens is 4. The summed E-state index contributed by atoms with van der Waals surface area (Å²) in [7, 11) is 0. The number of hydrogen-bond donors (Lipinski definition) is 2. The Bertz CT molecular complexity index is 598. The van der Waals surface area contributed by atoms with E-state index in [2.05, 4.69) is 21.6 Å². The van der Waals surface area contributed by atoms with E-state index < -0.39 is 0 Å². The number of nitrogens with two attached hydrogens (primary N) is 1. The molecular formula is C13H18N6O. The molecule has 7 heteroatoms. The van der Waals surface area contributed by atoms with E-state index >= 15 is 0 Å². The lowest BCUT2D eigenvalue weighted by atomic mass is 10.3. The van der Waals surface area contributed by atoms with Crippen molar-refractivity contribution >= 4 is 11.6 Å². The first kappa shape index (κ1) is 12.7. The third-order valence-electron chi connectivity index (χ3n) is 3.28. The highest BCUT2D eigenvalue weighted by molar-refractivity contribution is 5.75. The van der Waals surface area contributed by atoms with Gasteiger partial charge in [0.15, 0.2) is 0 Å². The first-order valence-electron chi connectivity index (χ1n) is 6.79. The van der Waals surface area contributed by atoms with Gasteiger partial charge in [-0.05, 0) is 18.9 Å². The fraction of sp³-hybridized carbons (Fsp3) is 0.462. The summed E-state index contributed by atoms with van der Waals surface area (Å²) in [5, 5.41) is 11.3. The number of amides is 1. The van der Waals surface area contributed by atoms with Crippen molar-refractivity contribution in [3.8, 4) is 0 Å². The van der Waals surface area contributed by atoms with Crippen LogP contribution in [0.2, 0.25) is 0 Å². The Kier molecular flexibility index (Phi) is 3.41. The van der Waals surface area contributed by atoms with Crippen LogP contribution in [0.4, 0.5) is 5.69 Å². The number of carbonyl (C=O) groups is 1. The van der Waals surface area contributed by atoms with Gasteiger partial charge in [0.1, 0.15) is 6.54 Å². The lowest BCUT2D eigenvalue weighted by molar-refractivity contribution is -0.121. The van der Waals surface area contributed by atoms with E-state index in [0.717, 1.165) is 0 Å². The van der Waals surface area contributed by atoms with Gasteiger partial charge in [-0.3, -0.25) is 14.2 Å². The van der Waals surface area contributed by atoms with E-state index in [1.54, 1.807) is 6.20 Å². The molecule has 0 saturated heterocycles. The SMILES string of the molecule is Nc1cnn(CC(=O)NCCn2ccc(C3CC3)n2)c1. The third kappa shape index (κ3) is 3.17. The molecule has 106 valence electrons. The second-order valence-corrected chi connectivity index (χ2v) is 5.10. The molecular weight excluding hydrogens is 256 g/mol. The van der Waals surface area contributed by atoms with Gasteiger partial charge in [0.25, 0.3) is 0 Å². The topological polar surface area (TPSA) is 90.8 Å². The maximum atomic E-state index is 11.7. The van der Waals surface area contributed by atoms with Gasteiger partial charge in [-0.25, -0.2) is 0 Å². The number of carbonyl (C=O) groups excluding carboxylic acids is 1. The Morgan fingerprint density at radius 2 is 2.30 bits per heavy atom. The van der Waals surface area contributed by atoms with Crippen molar-refractivity contribution in [1.29, 1.82) is 0 Å². The molecule has 2 aromatic rings. The van der Waals surface area contributed by atoms with E-state index in [1.807, 2.05) is 10.9 Å². The summed E-state index contributed by atoms with van der Waals surface area (Å²) in [4.78, 5) is 11.7. The highest BCUT2D eigenvalue weighted by Gasteiger charge is 2.25.